The van der Waals surface area contributed by atoms with Crippen LogP contribution in [0.2, 0.25) is 0 Å². The summed E-state index contributed by atoms with van der Waals surface area (Å²) >= 11 is 1.25. The number of aromatic nitrogens is 2. The monoisotopic (exact) mass is 535 g/mol. The topological polar surface area (TPSA) is 183 Å². The Hall–Kier alpha value is -4.32. The van der Waals surface area contributed by atoms with Crippen molar-refractivity contribution in [3.05, 3.63) is 68.7 Å². The molecule has 1 saturated carbocycles. The Morgan fingerprint density at radius 2 is 1.92 bits per heavy atom. The molecule has 198 valence electrons. The zero-order valence-corrected chi connectivity index (χ0v) is 21.8. The van der Waals surface area contributed by atoms with Crippen molar-refractivity contribution in [3.8, 4) is 0 Å². The quantitative estimate of drug-likeness (QED) is 0.123. The van der Waals surface area contributed by atoms with Gasteiger partial charge in [-0.15, -0.1) is 11.3 Å². The molecule has 1 aliphatic carbocycles. The van der Waals surface area contributed by atoms with Crippen LogP contribution in [-0.4, -0.2) is 57.2 Å². The number of nitrogens with one attached hydrogen (secondary N) is 4. The lowest BCUT2D eigenvalue weighted by Crippen LogP contribution is -2.49. The average Bonchev–Trinajstić information content (AvgIpc) is 3.27. The van der Waals surface area contributed by atoms with E-state index in [4.69, 9.17) is 11.1 Å². The normalized spacial score (nSPS) is 17.9. The molecule has 11 nitrogen and oxygen atoms in total. The van der Waals surface area contributed by atoms with E-state index in [2.05, 4.69) is 25.9 Å². The lowest BCUT2D eigenvalue weighted by molar-refractivity contribution is -0.140. The highest BCUT2D eigenvalue weighted by atomic mass is 32.1. The van der Waals surface area contributed by atoms with E-state index in [9.17, 15) is 19.5 Å². The summed E-state index contributed by atoms with van der Waals surface area (Å²) in [6, 6.07) is 8.22. The number of hydrogen-bond donors (Lipinski definition) is 6. The van der Waals surface area contributed by atoms with Crippen molar-refractivity contribution in [1.82, 2.24) is 20.6 Å². The number of hydrogen-bond acceptors (Lipinski definition) is 9. The van der Waals surface area contributed by atoms with Gasteiger partial charge in [0, 0.05) is 30.4 Å². The lowest BCUT2D eigenvalue weighted by Gasteiger charge is -2.17. The first-order chi connectivity index (χ1) is 18.2. The van der Waals surface area contributed by atoms with Crippen LogP contribution in [0.4, 0.5) is 11.6 Å². The molecular formula is C26H29N7O4S. The molecule has 38 heavy (non-hydrogen) atoms. The van der Waals surface area contributed by atoms with Crippen LogP contribution in [0.15, 0.2) is 35.7 Å². The smallest absolute Gasteiger partial charge is 0.331 e. The van der Waals surface area contributed by atoms with Crippen LogP contribution < -0.4 is 21.7 Å². The van der Waals surface area contributed by atoms with Crippen LogP contribution in [-0.2, 0) is 11.2 Å². The van der Waals surface area contributed by atoms with Crippen molar-refractivity contribution in [2.75, 3.05) is 17.6 Å². The van der Waals surface area contributed by atoms with Crippen LogP contribution in [0.3, 0.4) is 0 Å². The Morgan fingerprint density at radius 1 is 1.18 bits per heavy atom. The molecule has 0 radical (unpaired) electrons. The number of anilines is 2. The molecule has 0 spiro atoms. The van der Waals surface area contributed by atoms with E-state index in [1.807, 2.05) is 12.1 Å². The van der Waals surface area contributed by atoms with Gasteiger partial charge in [-0.25, -0.2) is 14.8 Å². The molecule has 1 aromatic carbocycles. The van der Waals surface area contributed by atoms with E-state index in [-0.39, 0.29) is 17.9 Å². The minimum Gasteiger partial charge on any atom is -0.479 e. The summed E-state index contributed by atoms with van der Waals surface area (Å²) in [5.41, 5.74) is 7.62. The number of carbonyl (C=O) groups excluding carboxylic acids is 2. The van der Waals surface area contributed by atoms with E-state index in [1.165, 1.54) is 17.6 Å². The highest BCUT2D eigenvalue weighted by molar-refractivity contribution is 7.12. The second kappa shape index (κ2) is 11.0. The molecule has 12 heteroatoms. The molecule has 1 fully saturated rings. The molecule has 4 rings (SSSR count). The molecule has 0 saturated heterocycles. The minimum absolute atomic E-state index is 0.0799. The Bertz CT molecular complexity index is 1370. The van der Waals surface area contributed by atoms with Crippen LogP contribution in [0.25, 0.3) is 0 Å². The van der Waals surface area contributed by atoms with Gasteiger partial charge < -0.3 is 32.2 Å². The van der Waals surface area contributed by atoms with Crippen molar-refractivity contribution >= 4 is 47.0 Å². The van der Waals surface area contributed by atoms with E-state index >= 15 is 0 Å². The van der Waals surface area contributed by atoms with E-state index in [0.717, 1.165) is 12.0 Å². The Morgan fingerprint density at radius 3 is 2.55 bits per heavy atom. The number of carbonyl (C=O) groups is 3. The summed E-state index contributed by atoms with van der Waals surface area (Å²) in [5, 5.41) is 27.6. The summed E-state index contributed by atoms with van der Waals surface area (Å²) in [6.07, 6.45) is 2.79. The van der Waals surface area contributed by atoms with Gasteiger partial charge in [-0.2, -0.15) is 0 Å². The first kappa shape index (κ1) is 26.7. The number of aliphatic carboxylic acids is 1. The average molecular weight is 536 g/mol. The number of nitrogens with two attached hydrogens (primary N) is 1. The number of benzene rings is 1. The summed E-state index contributed by atoms with van der Waals surface area (Å²) < 4.78 is 0. The fourth-order valence-corrected chi connectivity index (χ4v) is 5.02. The maximum absolute atomic E-state index is 13.1. The van der Waals surface area contributed by atoms with Crippen LogP contribution in [0, 0.1) is 19.3 Å². The molecule has 3 aromatic rings. The summed E-state index contributed by atoms with van der Waals surface area (Å²) in [6.45, 7) is 3.88. The van der Waals surface area contributed by atoms with Gasteiger partial charge in [-0.05, 0) is 49.8 Å². The number of amides is 2. The molecule has 2 heterocycles. The number of nitrogen functional groups attached to an aromatic ring is 1. The van der Waals surface area contributed by atoms with Gasteiger partial charge in [0.2, 0.25) is 5.95 Å². The van der Waals surface area contributed by atoms with Crippen molar-refractivity contribution < 1.29 is 19.5 Å². The molecule has 0 bridgehead atoms. The van der Waals surface area contributed by atoms with Crippen molar-refractivity contribution in [2.24, 2.45) is 0 Å². The Kier molecular flexibility index (Phi) is 7.72. The van der Waals surface area contributed by atoms with Gasteiger partial charge in [0.1, 0.15) is 0 Å². The second-order valence-electron chi connectivity index (χ2n) is 9.13. The maximum Gasteiger partial charge on any atom is 0.331 e. The van der Waals surface area contributed by atoms with E-state index in [1.54, 1.807) is 37.4 Å². The third-order valence-corrected chi connectivity index (χ3v) is 7.38. The third kappa shape index (κ3) is 5.49. The number of nitrogens with zero attached hydrogens (tertiary/aromatic N) is 2. The van der Waals surface area contributed by atoms with Gasteiger partial charge in [-0.1, -0.05) is 18.2 Å². The first-order valence-corrected chi connectivity index (χ1v) is 12.9. The number of rotatable bonds is 11. The predicted octanol–water partition coefficient (Wildman–Crippen LogP) is 2.54. The van der Waals surface area contributed by atoms with Crippen molar-refractivity contribution in [3.63, 3.8) is 0 Å². The fourth-order valence-electron chi connectivity index (χ4n) is 4.40. The van der Waals surface area contributed by atoms with Gasteiger partial charge in [0.25, 0.3) is 11.8 Å². The lowest BCUT2D eigenvalue weighted by atomic mass is 10.0. The van der Waals surface area contributed by atoms with Crippen molar-refractivity contribution in [1.29, 1.82) is 5.41 Å². The minimum atomic E-state index is -1.59. The predicted molar refractivity (Wildman–Crippen MR) is 145 cm³/mol. The largest absolute Gasteiger partial charge is 0.479 e. The van der Waals surface area contributed by atoms with Crippen LogP contribution in [0.5, 0.6) is 0 Å². The van der Waals surface area contributed by atoms with Gasteiger partial charge in [-0.3, -0.25) is 9.59 Å². The zero-order valence-electron chi connectivity index (χ0n) is 21.0. The standard InChI is InChI=1S/C26H29N7O4S/c1-14-21(23(35)33-26(24(36)37)12-20(26)32-22(34)19-9-5-11-38-19)15(2)31-25(30-14)29-10-4-7-16-6-3-8-18(28)17(16)13-27/h3,5-6,8-9,11,13,20,27H,4,7,10,12,28H2,1-2H3,(H,32,34)(H,33,35)(H,36,37)(H,29,30,31)/t20-,26?/m1/s1. The molecule has 1 aliphatic rings. The molecule has 2 atom stereocenters. The zero-order chi connectivity index (χ0) is 27.4. The molecular weight excluding hydrogens is 506 g/mol. The summed E-state index contributed by atoms with van der Waals surface area (Å²) in [4.78, 5) is 46.7. The molecule has 1 unspecified atom stereocenters. The van der Waals surface area contributed by atoms with Gasteiger partial charge in [0.05, 0.1) is 27.9 Å². The molecule has 2 amide bonds. The van der Waals surface area contributed by atoms with Crippen LogP contribution >= 0.6 is 11.3 Å². The number of aryl methyl sites for hydroxylation is 3. The maximum atomic E-state index is 13.1. The van der Waals surface area contributed by atoms with Crippen LogP contribution in [0.1, 0.15) is 55.4 Å². The van der Waals surface area contributed by atoms with Crippen molar-refractivity contribution in [2.45, 2.75) is 44.7 Å². The summed E-state index contributed by atoms with van der Waals surface area (Å²) in [5.74, 6) is -1.85. The molecule has 2 aromatic heterocycles. The number of carboxylic acid groups (broad SMARTS) is 1. The number of carboxylic acids is 1. The second-order valence-corrected chi connectivity index (χ2v) is 10.1. The van der Waals surface area contributed by atoms with Gasteiger partial charge in [0.15, 0.2) is 5.54 Å². The molecule has 7 N–H and O–H groups in total. The van der Waals surface area contributed by atoms with E-state index < -0.39 is 23.5 Å². The Labute approximate surface area is 223 Å². The molecule has 0 aliphatic heterocycles. The highest BCUT2D eigenvalue weighted by Crippen LogP contribution is 2.37. The Balaban J connectivity index is 1.37. The summed E-state index contributed by atoms with van der Waals surface area (Å²) in [7, 11) is 0. The van der Waals surface area contributed by atoms with E-state index in [0.29, 0.717) is 46.4 Å². The fraction of sp³-hybridized carbons (Fsp3) is 0.308. The third-order valence-electron chi connectivity index (χ3n) is 6.51. The highest BCUT2D eigenvalue weighted by Gasteiger charge is 2.63. The number of thiophene rings is 1. The van der Waals surface area contributed by atoms with Gasteiger partial charge >= 0.3 is 5.97 Å². The SMILES string of the molecule is Cc1nc(NCCCc2cccc(N)c2C=N)nc(C)c1C(=O)NC1(C(=O)O)C[C@H]1NC(=O)c1cccs1. The first-order valence-electron chi connectivity index (χ1n) is 12.0.